The molecule has 0 amide bonds. The maximum atomic E-state index is 7.21. The van der Waals surface area contributed by atoms with Crippen LogP contribution in [-0.2, 0) is 22.3 Å². The molecule has 3 aromatic carbocycles. The Labute approximate surface area is 224 Å². The summed E-state index contributed by atoms with van der Waals surface area (Å²) >= 11 is 0. The van der Waals surface area contributed by atoms with E-state index in [2.05, 4.69) is 111 Å². The number of rotatable bonds is 9. The summed E-state index contributed by atoms with van der Waals surface area (Å²) in [4.78, 5) is 2.51. The van der Waals surface area contributed by atoms with E-state index in [9.17, 15) is 0 Å². The van der Waals surface area contributed by atoms with Gasteiger partial charge in [-0.1, -0.05) is 106 Å². The summed E-state index contributed by atoms with van der Waals surface area (Å²) in [6.45, 7) is 11.9. The van der Waals surface area contributed by atoms with Gasteiger partial charge < -0.3 is 9.16 Å². The van der Waals surface area contributed by atoms with Crippen LogP contribution in [0, 0.1) is 5.92 Å². The van der Waals surface area contributed by atoms with Gasteiger partial charge in [-0.25, -0.2) is 0 Å². The van der Waals surface area contributed by atoms with Gasteiger partial charge in [-0.3, -0.25) is 4.90 Å². The quantitative estimate of drug-likeness (QED) is 0.320. The van der Waals surface area contributed by atoms with Crippen LogP contribution in [0.2, 0.25) is 5.04 Å². The molecule has 196 valence electrons. The normalized spacial score (nSPS) is 20.6. The lowest BCUT2D eigenvalue weighted by Crippen LogP contribution is -2.67. The molecule has 5 rings (SSSR count). The molecule has 0 bridgehead atoms. The van der Waals surface area contributed by atoms with Crippen molar-refractivity contribution in [2.75, 3.05) is 19.8 Å². The Morgan fingerprint density at radius 2 is 1.24 bits per heavy atom. The summed E-state index contributed by atoms with van der Waals surface area (Å²) in [5.41, 5.74) is 2.95. The fourth-order valence-electron chi connectivity index (χ4n) is 6.38. The molecule has 1 heterocycles. The Balaban J connectivity index is 1.15. The van der Waals surface area contributed by atoms with E-state index in [4.69, 9.17) is 9.16 Å². The number of fused-ring (bicyclic) bond motifs is 1. The topological polar surface area (TPSA) is 21.7 Å². The van der Waals surface area contributed by atoms with Crippen molar-refractivity contribution in [2.45, 2.75) is 70.7 Å². The van der Waals surface area contributed by atoms with Crippen LogP contribution in [0.1, 0.15) is 57.6 Å². The summed E-state index contributed by atoms with van der Waals surface area (Å²) in [6, 6.07) is 30.8. The molecule has 0 saturated heterocycles. The number of nitrogens with zero attached hydrogens (tertiary/aromatic N) is 1. The van der Waals surface area contributed by atoms with Crippen molar-refractivity contribution < 1.29 is 9.16 Å². The molecule has 0 aromatic heterocycles. The van der Waals surface area contributed by atoms with Gasteiger partial charge in [0.05, 0.1) is 12.7 Å². The van der Waals surface area contributed by atoms with Gasteiger partial charge in [-0.15, -0.1) is 0 Å². The number of hydrogen-bond acceptors (Lipinski definition) is 3. The first-order chi connectivity index (χ1) is 18.0. The monoisotopic (exact) mass is 513 g/mol. The Morgan fingerprint density at radius 3 is 1.76 bits per heavy atom. The molecule has 4 heteroatoms. The first-order valence-corrected chi connectivity index (χ1v) is 16.0. The second-order valence-corrected chi connectivity index (χ2v) is 16.3. The summed E-state index contributed by atoms with van der Waals surface area (Å²) < 4.78 is 13.6. The fourth-order valence-corrected chi connectivity index (χ4v) is 11.0. The molecule has 0 N–H and O–H groups in total. The number of benzene rings is 3. The Kier molecular flexibility index (Phi) is 8.30. The van der Waals surface area contributed by atoms with Crippen molar-refractivity contribution >= 4 is 18.7 Å². The average Bonchev–Trinajstić information content (AvgIpc) is 3.33. The van der Waals surface area contributed by atoms with E-state index < -0.39 is 8.32 Å². The average molecular weight is 514 g/mol. The largest absolute Gasteiger partial charge is 0.407 e. The first kappa shape index (κ1) is 26.4. The van der Waals surface area contributed by atoms with Gasteiger partial charge in [0.2, 0.25) is 0 Å². The highest BCUT2D eigenvalue weighted by Gasteiger charge is 2.50. The minimum atomic E-state index is -2.45. The summed E-state index contributed by atoms with van der Waals surface area (Å²) in [6.07, 6.45) is 5.08. The lowest BCUT2D eigenvalue weighted by atomic mass is 9.88. The molecule has 2 aliphatic rings. The third kappa shape index (κ3) is 5.93. The van der Waals surface area contributed by atoms with Crippen molar-refractivity contribution in [1.82, 2.24) is 4.90 Å². The molecular formula is C33H43NO2Si. The Morgan fingerprint density at radius 1 is 0.730 bits per heavy atom. The molecule has 1 saturated carbocycles. The summed E-state index contributed by atoms with van der Waals surface area (Å²) in [5.74, 6) is 0.606. The minimum absolute atomic E-state index is 0.0330. The molecule has 1 aliphatic carbocycles. The van der Waals surface area contributed by atoms with Gasteiger partial charge >= 0.3 is 0 Å². The van der Waals surface area contributed by atoms with Crippen LogP contribution >= 0.6 is 0 Å². The van der Waals surface area contributed by atoms with Crippen LogP contribution in [0.3, 0.4) is 0 Å². The molecular weight excluding hydrogens is 470 g/mol. The van der Waals surface area contributed by atoms with E-state index in [1.807, 2.05) is 0 Å². The lowest BCUT2D eigenvalue weighted by Gasteiger charge is -2.44. The lowest BCUT2D eigenvalue weighted by molar-refractivity contribution is 0.00210. The van der Waals surface area contributed by atoms with Crippen molar-refractivity contribution in [2.24, 2.45) is 5.92 Å². The van der Waals surface area contributed by atoms with Gasteiger partial charge in [-0.2, -0.15) is 0 Å². The fraction of sp³-hybridized carbons (Fsp3) is 0.455. The molecule has 3 aromatic rings. The number of ether oxygens (including phenoxy) is 1. The molecule has 37 heavy (non-hydrogen) atoms. The third-order valence-electron chi connectivity index (χ3n) is 8.41. The molecule has 1 aliphatic heterocycles. The number of hydrogen-bond donors (Lipinski definition) is 0. The van der Waals surface area contributed by atoms with Gasteiger partial charge in [0, 0.05) is 26.2 Å². The summed E-state index contributed by atoms with van der Waals surface area (Å²) in [7, 11) is -2.45. The third-order valence-corrected chi connectivity index (χ3v) is 13.4. The van der Waals surface area contributed by atoms with E-state index in [-0.39, 0.29) is 5.04 Å². The van der Waals surface area contributed by atoms with Crippen molar-refractivity contribution in [1.29, 1.82) is 0 Å². The second-order valence-electron chi connectivity index (χ2n) is 12.0. The molecule has 0 unspecified atom stereocenters. The van der Waals surface area contributed by atoms with Crippen LogP contribution in [-0.4, -0.2) is 39.1 Å². The van der Waals surface area contributed by atoms with Gasteiger partial charge in [0.15, 0.2) is 0 Å². The van der Waals surface area contributed by atoms with E-state index in [0.29, 0.717) is 12.0 Å². The van der Waals surface area contributed by atoms with Crippen LogP contribution < -0.4 is 10.4 Å². The highest BCUT2D eigenvalue weighted by atomic mass is 28.4. The van der Waals surface area contributed by atoms with Crippen LogP contribution in [0.25, 0.3) is 0 Å². The van der Waals surface area contributed by atoms with Gasteiger partial charge in [-0.05, 0) is 58.1 Å². The molecule has 0 spiro atoms. The summed E-state index contributed by atoms with van der Waals surface area (Å²) in [5, 5.41) is 2.77. The standard InChI is InChI=1S/C33H43NO2Si/c1-33(2,3)37(31-14-6-4-7-15-31,32-16-8-5-9-17-32)36-26-27-18-20-30(21-19-27)35-23-22-34-24-28-12-10-11-13-29(28)25-34/h4-17,27,30H,18-26H2,1-3H3. The van der Waals surface area contributed by atoms with E-state index in [1.54, 1.807) is 0 Å². The van der Waals surface area contributed by atoms with E-state index in [0.717, 1.165) is 45.7 Å². The molecule has 0 radical (unpaired) electrons. The van der Waals surface area contributed by atoms with Crippen molar-refractivity contribution in [3.63, 3.8) is 0 Å². The maximum Gasteiger partial charge on any atom is 0.261 e. The van der Waals surface area contributed by atoms with Gasteiger partial charge in [0.25, 0.3) is 8.32 Å². The Hall–Kier alpha value is -2.24. The van der Waals surface area contributed by atoms with Crippen LogP contribution in [0.4, 0.5) is 0 Å². The van der Waals surface area contributed by atoms with Crippen LogP contribution in [0.5, 0.6) is 0 Å². The molecule has 3 nitrogen and oxygen atoms in total. The Bertz CT molecular complexity index is 1060. The molecule has 1 fully saturated rings. The first-order valence-electron chi connectivity index (χ1n) is 14.1. The van der Waals surface area contributed by atoms with E-state index >= 15 is 0 Å². The smallest absolute Gasteiger partial charge is 0.261 e. The second kappa shape index (κ2) is 11.7. The zero-order chi connectivity index (χ0) is 25.7. The highest BCUT2D eigenvalue weighted by Crippen LogP contribution is 2.38. The SMILES string of the molecule is CC(C)(C)[Si](OCC1CCC(OCCN2Cc3ccccc3C2)CC1)(c1ccccc1)c1ccccc1. The van der Waals surface area contributed by atoms with Crippen molar-refractivity contribution in [3.8, 4) is 0 Å². The zero-order valence-corrected chi connectivity index (χ0v) is 23.9. The zero-order valence-electron chi connectivity index (χ0n) is 22.9. The highest BCUT2D eigenvalue weighted by molar-refractivity contribution is 6.99. The predicted octanol–water partition coefficient (Wildman–Crippen LogP) is 6.15. The molecule has 0 atom stereocenters. The predicted molar refractivity (Wildman–Crippen MR) is 156 cm³/mol. The maximum absolute atomic E-state index is 7.21. The van der Waals surface area contributed by atoms with Crippen molar-refractivity contribution in [3.05, 3.63) is 96.1 Å². The van der Waals surface area contributed by atoms with E-state index in [1.165, 1.54) is 34.3 Å². The van der Waals surface area contributed by atoms with Gasteiger partial charge in [0.1, 0.15) is 0 Å². The minimum Gasteiger partial charge on any atom is -0.407 e. The van der Waals surface area contributed by atoms with Crippen LogP contribution in [0.15, 0.2) is 84.9 Å².